The van der Waals surface area contributed by atoms with Gasteiger partial charge < -0.3 is 5.32 Å². The minimum absolute atomic E-state index is 0.159. The minimum Gasteiger partial charge on any atom is -0.326 e. The number of fused-ring (bicyclic) bond motifs is 1. The molecule has 1 aromatic carbocycles. The van der Waals surface area contributed by atoms with Gasteiger partial charge in [-0.05, 0) is 31.2 Å². The Morgan fingerprint density at radius 1 is 1.32 bits per heavy atom. The number of hydrogen-bond acceptors (Lipinski definition) is 5. The number of carbonyl (C=O) groups excluding carboxylic acids is 2. The lowest BCUT2D eigenvalue weighted by atomic mass is 10.1. The fraction of sp³-hybridized carbons (Fsp3) is 0.389. The summed E-state index contributed by atoms with van der Waals surface area (Å²) in [6.07, 6.45) is 0.923. The first kappa shape index (κ1) is 17.6. The maximum Gasteiger partial charge on any atom is 0.257 e. The number of likely N-dealkylation sites (N-methyl/N-ethyl adjacent to an activating group) is 1. The van der Waals surface area contributed by atoms with E-state index in [0.717, 1.165) is 37.3 Å². The zero-order valence-electron chi connectivity index (χ0n) is 14.7. The summed E-state index contributed by atoms with van der Waals surface area (Å²) in [6, 6.07) is 5.27. The molecule has 0 saturated heterocycles. The van der Waals surface area contributed by atoms with Crippen LogP contribution in [0.2, 0.25) is 0 Å². The molecule has 0 saturated carbocycles. The molecule has 1 aliphatic rings. The van der Waals surface area contributed by atoms with Crippen LogP contribution in [-0.4, -0.2) is 34.8 Å². The van der Waals surface area contributed by atoms with Crippen molar-refractivity contribution in [2.45, 2.75) is 33.7 Å². The van der Waals surface area contributed by atoms with Crippen LogP contribution in [0.25, 0.3) is 0 Å². The number of nitrogens with one attached hydrogen (secondary N) is 2. The van der Waals surface area contributed by atoms with E-state index in [1.807, 2.05) is 13.0 Å². The van der Waals surface area contributed by atoms with Gasteiger partial charge in [0.1, 0.15) is 0 Å². The number of benzene rings is 1. The van der Waals surface area contributed by atoms with Crippen LogP contribution in [0.15, 0.2) is 18.2 Å². The molecule has 0 fully saturated rings. The van der Waals surface area contributed by atoms with E-state index in [1.165, 1.54) is 11.8 Å². The Bertz CT molecular complexity index is 815. The number of nitrogens with zero attached hydrogens (tertiary/aromatic N) is 2. The van der Waals surface area contributed by atoms with Crippen molar-refractivity contribution < 1.29 is 9.59 Å². The van der Waals surface area contributed by atoms with Crippen LogP contribution in [0.3, 0.4) is 0 Å². The first-order chi connectivity index (χ1) is 12.0. The molecule has 0 spiro atoms. The molecule has 2 amide bonds. The Morgan fingerprint density at radius 3 is 2.84 bits per heavy atom. The Balaban J connectivity index is 1.75. The lowest BCUT2D eigenvalue weighted by molar-refractivity contribution is -0.114. The van der Waals surface area contributed by atoms with E-state index >= 15 is 0 Å². The molecule has 2 N–H and O–H groups in total. The van der Waals surface area contributed by atoms with Crippen LogP contribution in [0.5, 0.6) is 0 Å². The lowest BCUT2D eigenvalue weighted by Crippen LogP contribution is -2.29. The van der Waals surface area contributed by atoms with Crippen molar-refractivity contribution in [1.29, 1.82) is 0 Å². The fourth-order valence-corrected chi connectivity index (χ4v) is 3.87. The maximum atomic E-state index is 12.5. The summed E-state index contributed by atoms with van der Waals surface area (Å²) >= 11 is 1.54. The number of rotatable bonds is 4. The average molecular weight is 358 g/mol. The van der Waals surface area contributed by atoms with Gasteiger partial charge in [0.25, 0.3) is 5.91 Å². The zero-order valence-corrected chi connectivity index (χ0v) is 15.5. The molecule has 2 aromatic rings. The highest BCUT2D eigenvalue weighted by molar-refractivity contribution is 7.15. The lowest BCUT2D eigenvalue weighted by Gasteiger charge is -2.23. The van der Waals surface area contributed by atoms with E-state index in [1.54, 1.807) is 23.5 Å². The molecular weight excluding hydrogens is 336 g/mol. The molecular formula is C18H22N4O2S. The smallest absolute Gasteiger partial charge is 0.257 e. The summed E-state index contributed by atoms with van der Waals surface area (Å²) < 4.78 is 0. The molecule has 6 nitrogen and oxygen atoms in total. The SMILES string of the molecule is CCN1CCc2nc(NC(=O)c3ccc(C)c(NC(C)=O)c3)sc2C1. The molecule has 2 heterocycles. The van der Waals surface area contributed by atoms with Gasteiger partial charge in [-0.2, -0.15) is 0 Å². The third kappa shape index (κ3) is 4.05. The fourth-order valence-electron chi connectivity index (χ4n) is 2.83. The maximum absolute atomic E-state index is 12.5. The van der Waals surface area contributed by atoms with Crippen molar-refractivity contribution >= 4 is 34.0 Å². The summed E-state index contributed by atoms with van der Waals surface area (Å²) in [7, 11) is 0. The Labute approximate surface area is 151 Å². The van der Waals surface area contributed by atoms with Crippen molar-refractivity contribution in [2.24, 2.45) is 0 Å². The third-order valence-electron chi connectivity index (χ3n) is 4.29. The first-order valence-electron chi connectivity index (χ1n) is 8.36. The number of amides is 2. The molecule has 1 aromatic heterocycles. The number of thiazole rings is 1. The zero-order chi connectivity index (χ0) is 18.0. The van der Waals surface area contributed by atoms with E-state index < -0.39 is 0 Å². The molecule has 3 rings (SSSR count). The summed E-state index contributed by atoms with van der Waals surface area (Å²) in [5, 5.41) is 6.27. The second kappa shape index (κ2) is 7.33. The van der Waals surface area contributed by atoms with Gasteiger partial charge in [-0.15, -0.1) is 11.3 Å². The number of aryl methyl sites for hydroxylation is 1. The topological polar surface area (TPSA) is 74.3 Å². The molecule has 0 radical (unpaired) electrons. The number of hydrogen-bond donors (Lipinski definition) is 2. The van der Waals surface area contributed by atoms with Crippen molar-refractivity contribution in [2.75, 3.05) is 23.7 Å². The van der Waals surface area contributed by atoms with Gasteiger partial charge in [-0.25, -0.2) is 4.98 Å². The van der Waals surface area contributed by atoms with Gasteiger partial charge in [0.15, 0.2) is 5.13 Å². The predicted molar refractivity (Wildman–Crippen MR) is 100 cm³/mol. The molecule has 132 valence electrons. The van der Waals surface area contributed by atoms with Crippen molar-refractivity contribution in [3.8, 4) is 0 Å². The predicted octanol–water partition coefficient (Wildman–Crippen LogP) is 3.04. The van der Waals surface area contributed by atoms with Gasteiger partial charge in [-0.3, -0.25) is 19.8 Å². The summed E-state index contributed by atoms with van der Waals surface area (Å²) in [4.78, 5) is 32.0. The van der Waals surface area contributed by atoms with Crippen LogP contribution in [0, 0.1) is 6.92 Å². The molecule has 0 bridgehead atoms. The van der Waals surface area contributed by atoms with E-state index in [4.69, 9.17) is 0 Å². The van der Waals surface area contributed by atoms with Crippen molar-refractivity contribution in [3.05, 3.63) is 39.9 Å². The van der Waals surface area contributed by atoms with Crippen LogP contribution >= 0.6 is 11.3 Å². The summed E-state index contributed by atoms with van der Waals surface area (Å²) in [6.45, 7) is 8.43. The monoisotopic (exact) mass is 358 g/mol. The summed E-state index contributed by atoms with van der Waals surface area (Å²) in [5.74, 6) is -0.376. The summed E-state index contributed by atoms with van der Waals surface area (Å²) in [5.41, 5.74) is 3.15. The minimum atomic E-state index is -0.218. The second-order valence-corrected chi connectivity index (χ2v) is 7.26. The highest BCUT2D eigenvalue weighted by atomic mass is 32.1. The molecule has 7 heteroatoms. The van der Waals surface area contributed by atoms with Gasteiger partial charge in [0.05, 0.1) is 5.69 Å². The van der Waals surface area contributed by atoms with Gasteiger partial charge in [0, 0.05) is 42.6 Å². The largest absolute Gasteiger partial charge is 0.326 e. The van der Waals surface area contributed by atoms with Crippen molar-refractivity contribution in [3.63, 3.8) is 0 Å². The number of aromatic nitrogens is 1. The Morgan fingerprint density at radius 2 is 2.12 bits per heavy atom. The highest BCUT2D eigenvalue weighted by Crippen LogP contribution is 2.28. The molecule has 25 heavy (non-hydrogen) atoms. The van der Waals surface area contributed by atoms with E-state index in [9.17, 15) is 9.59 Å². The van der Waals surface area contributed by atoms with Crippen LogP contribution in [0.1, 0.15) is 40.3 Å². The normalized spacial score (nSPS) is 14.0. The quantitative estimate of drug-likeness (QED) is 0.881. The first-order valence-corrected chi connectivity index (χ1v) is 9.18. The second-order valence-electron chi connectivity index (χ2n) is 6.17. The van der Waals surface area contributed by atoms with Crippen LogP contribution in [-0.2, 0) is 17.8 Å². The Kier molecular flexibility index (Phi) is 5.15. The van der Waals surface area contributed by atoms with Gasteiger partial charge in [0.2, 0.25) is 5.91 Å². The molecule has 1 aliphatic heterocycles. The number of carbonyl (C=O) groups is 2. The average Bonchev–Trinajstić information content (AvgIpc) is 2.97. The van der Waals surface area contributed by atoms with E-state index in [2.05, 4.69) is 27.4 Å². The van der Waals surface area contributed by atoms with Gasteiger partial charge >= 0.3 is 0 Å². The molecule has 0 unspecified atom stereocenters. The standard InChI is InChI=1S/C18H22N4O2S/c1-4-22-8-7-14-16(10-22)25-18(20-14)21-17(24)13-6-5-11(2)15(9-13)19-12(3)23/h5-6,9H,4,7-8,10H2,1-3H3,(H,19,23)(H,20,21,24). The van der Waals surface area contributed by atoms with Crippen molar-refractivity contribution in [1.82, 2.24) is 9.88 Å². The highest BCUT2D eigenvalue weighted by Gasteiger charge is 2.20. The van der Waals surface area contributed by atoms with Crippen LogP contribution < -0.4 is 10.6 Å². The third-order valence-corrected chi connectivity index (χ3v) is 5.29. The van der Waals surface area contributed by atoms with E-state index in [0.29, 0.717) is 16.4 Å². The van der Waals surface area contributed by atoms with E-state index in [-0.39, 0.29) is 11.8 Å². The van der Waals surface area contributed by atoms with Crippen LogP contribution in [0.4, 0.5) is 10.8 Å². The molecule has 0 atom stereocenters. The molecule has 0 aliphatic carbocycles. The van der Waals surface area contributed by atoms with Gasteiger partial charge in [-0.1, -0.05) is 13.0 Å². The Hall–Kier alpha value is -2.25. The number of anilines is 2.